The van der Waals surface area contributed by atoms with Crippen LogP contribution in [0.1, 0.15) is 23.4 Å². The third kappa shape index (κ3) is 2.99. The maximum absolute atomic E-state index is 4.78. The van der Waals surface area contributed by atoms with E-state index in [4.69, 9.17) is 4.98 Å². The van der Waals surface area contributed by atoms with Gasteiger partial charge in [-0.15, -0.1) is 0 Å². The van der Waals surface area contributed by atoms with Crippen LogP contribution in [-0.4, -0.2) is 28.5 Å². The molecule has 2 heterocycles. The van der Waals surface area contributed by atoms with Gasteiger partial charge in [-0.1, -0.05) is 0 Å². The smallest absolute Gasteiger partial charge is 0.179 e. The Labute approximate surface area is 133 Å². The highest BCUT2D eigenvalue weighted by Crippen LogP contribution is 2.29. The Hall–Kier alpha value is -1.33. The summed E-state index contributed by atoms with van der Waals surface area (Å²) in [6.45, 7) is 3.15. The normalized spacial score (nSPS) is 17.6. The molecule has 1 unspecified atom stereocenters. The van der Waals surface area contributed by atoms with Gasteiger partial charge in [-0.05, 0) is 79.3 Å². The fraction of sp³-hybridized carbons (Fsp3) is 0.438. The van der Waals surface area contributed by atoms with Crippen LogP contribution in [0.2, 0.25) is 0 Å². The van der Waals surface area contributed by atoms with Crippen molar-refractivity contribution in [2.75, 3.05) is 13.6 Å². The number of aromatic nitrogens is 3. The predicted octanol–water partition coefficient (Wildman–Crippen LogP) is 2.93. The Kier molecular flexibility index (Phi) is 4.31. The van der Waals surface area contributed by atoms with E-state index in [1.165, 1.54) is 17.7 Å². The second-order valence-electron chi connectivity index (χ2n) is 5.56. The van der Waals surface area contributed by atoms with Crippen LogP contribution in [0.15, 0.2) is 22.8 Å². The Morgan fingerprint density at radius 1 is 1.38 bits per heavy atom. The first-order valence-corrected chi connectivity index (χ1v) is 8.10. The Morgan fingerprint density at radius 2 is 2.24 bits per heavy atom. The highest BCUT2D eigenvalue weighted by Gasteiger charge is 2.23. The van der Waals surface area contributed by atoms with E-state index in [1.807, 2.05) is 19.2 Å². The molecule has 1 N–H and O–H groups in total. The number of pyridine rings is 1. The molecule has 0 fully saturated rings. The topological polar surface area (TPSA) is 50.7 Å². The van der Waals surface area contributed by atoms with Crippen LogP contribution in [-0.2, 0) is 12.8 Å². The maximum Gasteiger partial charge on any atom is 0.179 e. The summed E-state index contributed by atoms with van der Waals surface area (Å²) in [5.41, 5.74) is 4.44. The van der Waals surface area contributed by atoms with Crippen LogP contribution < -0.4 is 5.32 Å². The average Bonchev–Trinajstić information content (AvgIpc) is 2.48. The molecule has 0 bridgehead atoms. The summed E-state index contributed by atoms with van der Waals surface area (Å²) < 4.78 is 0.938. The Bertz CT molecular complexity index is 657. The third-order valence-corrected chi connectivity index (χ3v) is 4.68. The number of hydrogen-bond acceptors (Lipinski definition) is 4. The van der Waals surface area contributed by atoms with Crippen molar-refractivity contribution in [1.82, 2.24) is 20.3 Å². The minimum atomic E-state index is 0.692. The summed E-state index contributed by atoms with van der Waals surface area (Å²) in [6.07, 6.45) is 5.07. The van der Waals surface area contributed by atoms with Crippen LogP contribution in [0.4, 0.5) is 0 Å². The molecule has 110 valence electrons. The lowest BCUT2D eigenvalue weighted by Crippen LogP contribution is -2.26. The number of rotatable bonds is 3. The van der Waals surface area contributed by atoms with E-state index < -0.39 is 0 Å². The molecule has 0 aliphatic heterocycles. The molecule has 21 heavy (non-hydrogen) atoms. The van der Waals surface area contributed by atoms with Gasteiger partial charge < -0.3 is 5.32 Å². The molecule has 1 aliphatic rings. The van der Waals surface area contributed by atoms with Crippen molar-refractivity contribution in [2.24, 2.45) is 5.92 Å². The monoisotopic (exact) mass is 346 g/mol. The average molecular weight is 347 g/mol. The molecule has 3 rings (SSSR count). The fourth-order valence-corrected chi connectivity index (χ4v) is 3.41. The van der Waals surface area contributed by atoms with Crippen molar-refractivity contribution < 1.29 is 0 Å². The van der Waals surface area contributed by atoms with Gasteiger partial charge in [0.15, 0.2) is 5.82 Å². The number of hydrogen-bond donors (Lipinski definition) is 1. The fourth-order valence-electron chi connectivity index (χ4n) is 2.98. The van der Waals surface area contributed by atoms with Gasteiger partial charge in [0, 0.05) is 22.1 Å². The minimum Gasteiger partial charge on any atom is -0.319 e. The molecule has 1 aliphatic carbocycles. The number of aryl methyl sites for hydroxylation is 2. The van der Waals surface area contributed by atoms with Crippen LogP contribution >= 0.6 is 15.9 Å². The molecular formula is C16H19BrN4. The number of nitrogens with zero attached hydrogens (tertiary/aromatic N) is 3. The van der Waals surface area contributed by atoms with E-state index in [1.54, 1.807) is 6.20 Å². The number of halogens is 1. The largest absolute Gasteiger partial charge is 0.319 e. The Morgan fingerprint density at radius 3 is 3.00 bits per heavy atom. The molecule has 2 aromatic rings. The van der Waals surface area contributed by atoms with E-state index in [0.717, 1.165) is 41.1 Å². The van der Waals surface area contributed by atoms with Gasteiger partial charge in [0.25, 0.3) is 0 Å². The standard InChI is InChI=1S/C16H19BrN4/c1-10-12-8-11(9-18-2)5-6-14(12)21-16(20-10)15-13(17)4-3-7-19-15/h3-4,7,11,18H,5-6,8-9H2,1-2H3. The van der Waals surface area contributed by atoms with Crippen LogP contribution in [0.25, 0.3) is 11.5 Å². The predicted molar refractivity (Wildman–Crippen MR) is 87.1 cm³/mol. The van der Waals surface area contributed by atoms with Gasteiger partial charge >= 0.3 is 0 Å². The van der Waals surface area contributed by atoms with E-state index >= 15 is 0 Å². The van der Waals surface area contributed by atoms with Gasteiger partial charge in [-0.3, -0.25) is 4.98 Å². The van der Waals surface area contributed by atoms with Gasteiger partial charge in [0.05, 0.1) is 0 Å². The molecule has 0 amide bonds. The maximum atomic E-state index is 4.78. The van der Waals surface area contributed by atoms with Gasteiger partial charge in [-0.25, -0.2) is 9.97 Å². The summed E-state index contributed by atoms with van der Waals surface area (Å²) in [5.74, 6) is 1.42. The summed E-state index contributed by atoms with van der Waals surface area (Å²) in [4.78, 5) is 13.9. The summed E-state index contributed by atoms with van der Waals surface area (Å²) in [6, 6.07) is 3.88. The van der Waals surface area contributed by atoms with Crippen molar-refractivity contribution in [3.05, 3.63) is 39.8 Å². The van der Waals surface area contributed by atoms with Crippen molar-refractivity contribution in [2.45, 2.75) is 26.2 Å². The molecule has 0 spiro atoms. The van der Waals surface area contributed by atoms with E-state index in [-0.39, 0.29) is 0 Å². The second kappa shape index (κ2) is 6.20. The van der Waals surface area contributed by atoms with Crippen LogP contribution in [0.5, 0.6) is 0 Å². The minimum absolute atomic E-state index is 0.692. The van der Waals surface area contributed by atoms with Crippen molar-refractivity contribution in [3.8, 4) is 11.5 Å². The van der Waals surface area contributed by atoms with Gasteiger partial charge in [-0.2, -0.15) is 0 Å². The van der Waals surface area contributed by atoms with Gasteiger partial charge in [0.1, 0.15) is 5.69 Å². The lowest BCUT2D eigenvalue weighted by atomic mass is 9.85. The molecule has 0 radical (unpaired) electrons. The lowest BCUT2D eigenvalue weighted by Gasteiger charge is -2.25. The zero-order chi connectivity index (χ0) is 14.8. The molecule has 2 aromatic heterocycles. The van der Waals surface area contributed by atoms with Crippen LogP contribution in [0, 0.1) is 12.8 Å². The first kappa shape index (κ1) is 14.6. The van der Waals surface area contributed by atoms with E-state index in [0.29, 0.717) is 5.92 Å². The van der Waals surface area contributed by atoms with Crippen molar-refractivity contribution in [1.29, 1.82) is 0 Å². The van der Waals surface area contributed by atoms with Crippen molar-refractivity contribution in [3.63, 3.8) is 0 Å². The third-order valence-electron chi connectivity index (χ3n) is 4.04. The van der Waals surface area contributed by atoms with Gasteiger partial charge in [0.2, 0.25) is 0 Å². The molecule has 4 nitrogen and oxygen atoms in total. The first-order valence-electron chi connectivity index (χ1n) is 7.31. The zero-order valence-electron chi connectivity index (χ0n) is 12.4. The van der Waals surface area contributed by atoms with Crippen molar-refractivity contribution >= 4 is 15.9 Å². The summed E-state index contributed by atoms with van der Waals surface area (Å²) in [7, 11) is 2.01. The first-order chi connectivity index (χ1) is 10.2. The number of nitrogens with one attached hydrogen (secondary N) is 1. The summed E-state index contributed by atoms with van der Waals surface area (Å²) in [5, 5.41) is 3.28. The van der Waals surface area contributed by atoms with Crippen LogP contribution in [0.3, 0.4) is 0 Å². The van der Waals surface area contributed by atoms with E-state index in [2.05, 4.69) is 38.1 Å². The zero-order valence-corrected chi connectivity index (χ0v) is 13.9. The second-order valence-corrected chi connectivity index (χ2v) is 6.41. The van der Waals surface area contributed by atoms with E-state index in [9.17, 15) is 0 Å². The quantitative estimate of drug-likeness (QED) is 0.928. The SMILES string of the molecule is CNCC1CCc2nc(-c3ncccc3Br)nc(C)c2C1. The molecular weight excluding hydrogens is 328 g/mol. The highest BCUT2D eigenvalue weighted by atomic mass is 79.9. The summed E-state index contributed by atoms with van der Waals surface area (Å²) >= 11 is 3.53. The molecule has 0 aromatic carbocycles. The molecule has 1 atom stereocenters. The number of fused-ring (bicyclic) bond motifs is 1. The lowest BCUT2D eigenvalue weighted by molar-refractivity contribution is 0.433. The molecule has 0 saturated heterocycles. The highest BCUT2D eigenvalue weighted by molar-refractivity contribution is 9.10. The molecule has 5 heteroatoms. The molecule has 0 saturated carbocycles. The Balaban J connectivity index is 1.98.